The summed E-state index contributed by atoms with van der Waals surface area (Å²) in [6, 6.07) is 1.50. The summed E-state index contributed by atoms with van der Waals surface area (Å²) in [4.78, 5) is 2.65. The second-order valence-electron chi connectivity index (χ2n) is 7.24. The van der Waals surface area contributed by atoms with Gasteiger partial charge in [-0.25, -0.2) is 0 Å². The lowest BCUT2D eigenvalue weighted by molar-refractivity contribution is 0.0758. The molecule has 18 heavy (non-hydrogen) atoms. The van der Waals surface area contributed by atoms with Gasteiger partial charge in [0.2, 0.25) is 0 Å². The maximum Gasteiger partial charge on any atom is 0.0246 e. The van der Waals surface area contributed by atoms with Crippen LogP contribution in [0.5, 0.6) is 0 Å². The van der Waals surface area contributed by atoms with Gasteiger partial charge in [0.25, 0.3) is 0 Å². The molecule has 2 heteroatoms. The summed E-state index contributed by atoms with van der Waals surface area (Å²) in [7, 11) is 2.34. The predicted octanol–water partition coefficient (Wildman–Crippen LogP) is 3.16. The van der Waals surface area contributed by atoms with Crippen LogP contribution in [0.25, 0.3) is 0 Å². The van der Waals surface area contributed by atoms with Crippen LogP contribution in [0, 0.1) is 11.3 Å². The molecule has 0 heterocycles. The van der Waals surface area contributed by atoms with Crippen LogP contribution in [-0.2, 0) is 0 Å². The average Bonchev–Trinajstić information content (AvgIpc) is 3.13. The van der Waals surface area contributed by atoms with Gasteiger partial charge in [0, 0.05) is 18.6 Å². The van der Waals surface area contributed by atoms with Crippen molar-refractivity contribution in [2.24, 2.45) is 17.1 Å². The Morgan fingerprint density at radius 3 is 2.17 bits per heavy atom. The topological polar surface area (TPSA) is 29.3 Å². The third-order valence-electron chi connectivity index (χ3n) is 6.19. The first kappa shape index (κ1) is 12.9. The zero-order valence-corrected chi connectivity index (χ0v) is 12.0. The van der Waals surface area contributed by atoms with Gasteiger partial charge in [0.1, 0.15) is 0 Å². The summed E-state index contributed by atoms with van der Waals surface area (Å²) in [5, 5.41) is 0. The van der Waals surface area contributed by atoms with Crippen molar-refractivity contribution < 1.29 is 0 Å². The van der Waals surface area contributed by atoms with Gasteiger partial charge in [-0.15, -0.1) is 0 Å². The molecule has 1 atom stereocenters. The molecule has 3 saturated carbocycles. The minimum atomic E-state index is 0.674. The maximum absolute atomic E-state index is 6.00. The van der Waals surface area contributed by atoms with E-state index in [-0.39, 0.29) is 0 Å². The number of nitrogens with zero attached hydrogens (tertiary/aromatic N) is 1. The smallest absolute Gasteiger partial charge is 0.0246 e. The molecule has 3 fully saturated rings. The lowest BCUT2D eigenvalue weighted by atomic mass is 9.71. The molecule has 0 aliphatic heterocycles. The molecule has 3 aliphatic carbocycles. The molecule has 1 spiro atoms. The molecule has 3 rings (SSSR count). The zero-order chi connectivity index (χ0) is 12.6. The Morgan fingerprint density at radius 2 is 1.67 bits per heavy atom. The molecule has 0 aromatic rings. The quantitative estimate of drug-likeness (QED) is 0.830. The largest absolute Gasteiger partial charge is 0.329 e. The number of rotatable bonds is 4. The third kappa shape index (κ3) is 2.46. The minimum absolute atomic E-state index is 0.674. The second-order valence-corrected chi connectivity index (χ2v) is 7.24. The summed E-state index contributed by atoms with van der Waals surface area (Å²) in [6.45, 7) is 0.864. The SMILES string of the molecule is CN(C1CCC2(CCCC2)CC1)C(CN)C1CC1. The van der Waals surface area contributed by atoms with Gasteiger partial charge >= 0.3 is 0 Å². The molecule has 1 unspecified atom stereocenters. The fourth-order valence-electron chi connectivity index (χ4n) is 4.69. The van der Waals surface area contributed by atoms with Gasteiger partial charge < -0.3 is 5.73 Å². The maximum atomic E-state index is 6.00. The normalized spacial score (nSPS) is 30.2. The Morgan fingerprint density at radius 1 is 1.06 bits per heavy atom. The molecule has 2 N–H and O–H groups in total. The van der Waals surface area contributed by atoms with Gasteiger partial charge in [0.15, 0.2) is 0 Å². The fourth-order valence-corrected chi connectivity index (χ4v) is 4.69. The van der Waals surface area contributed by atoms with E-state index >= 15 is 0 Å². The molecule has 2 nitrogen and oxygen atoms in total. The van der Waals surface area contributed by atoms with Crippen LogP contribution >= 0.6 is 0 Å². The van der Waals surface area contributed by atoms with Crippen molar-refractivity contribution in [3.63, 3.8) is 0 Å². The summed E-state index contributed by atoms with van der Waals surface area (Å²) in [5.74, 6) is 0.919. The summed E-state index contributed by atoms with van der Waals surface area (Å²) < 4.78 is 0. The Hall–Kier alpha value is -0.0800. The highest BCUT2D eigenvalue weighted by atomic mass is 15.2. The van der Waals surface area contributed by atoms with E-state index in [1.807, 2.05) is 0 Å². The number of nitrogens with two attached hydrogens (primary N) is 1. The zero-order valence-electron chi connectivity index (χ0n) is 12.0. The highest BCUT2D eigenvalue weighted by Gasteiger charge is 2.41. The second kappa shape index (κ2) is 5.13. The van der Waals surface area contributed by atoms with Crippen molar-refractivity contribution in [1.82, 2.24) is 4.90 Å². The van der Waals surface area contributed by atoms with E-state index in [1.165, 1.54) is 64.2 Å². The van der Waals surface area contributed by atoms with E-state index in [2.05, 4.69) is 11.9 Å². The van der Waals surface area contributed by atoms with Crippen LogP contribution in [0.4, 0.5) is 0 Å². The molecule has 0 saturated heterocycles. The van der Waals surface area contributed by atoms with Crippen molar-refractivity contribution in [2.45, 2.75) is 76.3 Å². The number of likely N-dealkylation sites (N-methyl/N-ethyl adjacent to an activating group) is 1. The highest BCUT2D eigenvalue weighted by Crippen LogP contribution is 2.50. The van der Waals surface area contributed by atoms with Crippen LogP contribution < -0.4 is 5.73 Å². The molecule has 0 aromatic carbocycles. The van der Waals surface area contributed by atoms with E-state index in [0.717, 1.165) is 23.9 Å². The van der Waals surface area contributed by atoms with Crippen molar-refractivity contribution in [1.29, 1.82) is 0 Å². The first-order valence-electron chi connectivity index (χ1n) is 8.16. The molecule has 0 amide bonds. The molecule has 3 aliphatic rings. The van der Waals surface area contributed by atoms with Crippen molar-refractivity contribution >= 4 is 0 Å². The van der Waals surface area contributed by atoms with Gasteiger partial charge in [0.05, 0.1) is 0 Å². The average molecular weight is 250 g/mol. The van der Waals surface area contributed by atoms with E-state index in [9.17, 15) is 0 Å². The van der Waals surface area contributed by atoms with E-state index in [0.29, 0.717) is 6.04 Å². The Labute approximate surface area is 112 Å². The first-order chi connectivity index (χ1) is 8.74. The molecular formula is C16H30N2. The monoisotopic (exact) mass is 250 g/mol. The molecular weight excluding hydrogens is 220 g/mol. The Kier molecular flexibility index (Phi) is 3.68. The van der Waals surface area contributed by atoms with E-state index in [1.54, 1.807) is 0 Å². The Balaban J connectivity index is 1.54. The molecule has 0 radical (unpaired) electrons. The lowest BCUT2D eigenvalue weighted by Crippen LogP contribution is -2.47. The summed E-state index contributed by atoms with van der Waals surface area (Å²) >= 11 is 0. The van der Waals surface area contributed by atoms with Crippen molar-refractivity contribution in [3.05, 3.63) is 0 Å². The predicted molar refractivity (Wildman–Crippen MR) is 76.5 cm³/mol. The van der Waals surface area contributed by atoms with Crippen LogP contribution in [0.3, 0.4) is 0 Å². The highest BCUT2D eigenvalue weighted by molar-refractivity contribution is 4.95. The first-order valence-corrected chi connectivity index (χ1v) is 8.16. The van der Waals surface area contributed by atoms with Crippen molar-refractivity contribution in [3.8, 4) is 0 Å². The standard InChI is InChI=1S/C16H30N2/c1-18(15(12-17)13-4-5-13)14-6-10-16(11-7-14)8-2-3-9-16/h13-15H,2-12,17H2,1H3. The van der Waals surface area contributed by atoms with Gasteiger partial charge in [-0.2, -0.15) is 0 Å². The van der Waals surface area contributed by atoms with Crippen LogP contribution in [-0.4, -0.2) is 30.6 Å². The van der Waals surface area contributed by atoms with Crippen LogP contribution in [0.15, 0.2) is 0 Å². The Bertz CT molecular complexity index is 269. The van der Waals surface area contributed by atoms with Crippen molar-refractivity contribution in [2.75, 3.05) is 13.6 Å². The van der Waals surface area contributed by atoms with E-state index < -0.39 is 0 Å². The van der Waals surface area contributed by atoms with Gasteiger partial charge in [-0.05, 0) is 69.7 Å². The van der Waals surface area contributed by atoms with Gasteiger partial charge in [-0.3, -0.25) is 4.90 Å². The summed E-state index contributed by atoms with van der Waals surface area (Å²) in [6.07, 6.45) is 14.7. The minimum Gasteiger partial charge on any atom is -0.329 e. The molecule has 0 aromatic heterocycles. The van der Waals surface area contributed by atoms with E-state index in [4.69, 9.17) is 5.73 Å². The lowest BCUT2D eigenvalue weighted by Gasteiger charge is -2.43. The fraction of sp³-hybridized carbons (Fsp3) is 1.00. The summed E-state index contributed by atoms with van der Waals surface area (Å²) in [5.41, 5.74) is 6.77. The van der Waals surface area contributed by atoms with Crippen LogP contribution in [0.1, 0.15) is 64.2 Å². The molecule has 0 bridgehead atoms. The third-order valence-corrected chi connectivity index (χ3v) is 6.19. The molecule has 104 valence electrons. The van der Waals surface area contributed by atoms with Gasteiger partial charge in [-0.1, -0.05) is 12.8 Å². The number of hydrogen-bond donors (Lipinski definition) is 1. The van der Waals surface area contributed by atoms with Crippen LogP contribution in [0.2, 0.25) is 0 Å². The number of hydrogen-bond acceptors (Lipinski definition) is 2.